The first-order chi connectivity index (χ1) is 23.8. The van der Waals surface area contributed by atoms with Gasteiger partial charge in [0.1, 0.15) is 0 Å². The number of rotatable bonds is 3. The van der Waals surface area contributed by atoms with Gasteiger partial charge in [0.25, 0.3) is 0 Å². The minimum atomic E-state index is -0.0855. The second kappa shape index (κ2) is 9.94. The van der Waals surface area contributed by atoms with Gasteiger partial charge in [-0.2, -0.15) is 0 Å². The molecule has 0 saturated carbocycles. The predicted octanol–water partition coefficient (Wildman–Crippen LogP) is 13.2. The maximum Gasteiger partial charge on any atom is 0.0468 e. The van der Waals surface area contributed by atoms with Crippen LogP contribution in [0.2, 0.25) is 0 Å². The highest BCUT2D eigenvalue weighted by atomic mass is 15.1. The van der Waals surface area contributed by atoms with Crippen LogP contribution in [-0.2, 0) is 10.8 Å². The fraction of sp³-hybridized carbons (Fsp3) is 0.125. The highest BCUT2D eigenvalue weighted by molar-refractivity contribution is 6.20. The Hall–Kier alpha value is -5.66. The van der Waals surface area contributed by atoms with Crippen molar-refractivity contribution in [1.82, 2.24) is 0 Å². The van der Waals surface area contributed by atoms with Gasteiger partial charge >= 0.3 is 0 Å². The molecule has 10 rings (SSSR count). The highest BCUT2D eigenvalue weighted by Gasteiger charge is 2.37. The summed E-state index contributed by atoms with van der Waals surface area (Å²) in [7, 11) is 0. The molecule has 234 valence electrons. The Balaban J connectivity index is 1.21. The lowest BCUT2D eigenvalue weighted by Gasteiger charge is -2.29. The molecule has 0 bridgehead atoms. The van der Waals surface area contributed by atoms with Crippen molar-refractivity contribution in [3.05, 3.63) is 174 Å². The van der Waals surface area contributed by atoms with E-state index in [0.717, 1.165) is 5.69 Å². The van der Waals surface area contributed by atoms with Gasteiger partial charge in [0.05, 0.1) is 0 Å². The Labute approximate surface area is 288 Å². The molecule has 2 aliphatic carbocycles. The molecular formula is C48H37N. The van der Waals surface area contributed by atoms with E-state index in [-0.39, 0.29) is 10.8 Å². The maximum absolute atomic E-state index is 2.47. The molecule has 49 heavy (non-hydrogen) atoms. The van der Waals surface area contributed by atoms with E-state index in [2.05, 4.69) is 184 Å². The lowest BCUT2D eigenvalue weighted by Crippen LogP contribution is -2.17. The first kappa shape index (κ1) is 28.4. The van der Waals surface area contributed by atoms with Gasteiger partial charge in [-0.15, -0.1) is 0 Å². The third-order valence-corrected chi connectivity index (χ3v) is 11.6. The van der Waals surface area contributed by atoms with Crippen molar-refractivity contribution >= 4 is 49.4 Å². The molecule has 8 aromatic carbocycles. The second-order valence-electron chi connectivity index (χ2n) is 15.0. The van der Waals surface area contributed by atoms with Gasteiger partial charge in [0.2, 0.25) is 0 Å². The molecule has 0 amide bonds. The van der Waals surface area contributed by atoms with Gasteiger partial charge in [-0.3, -0.25) is 0 Å². The number of hydrogen-bond acceptors (Lipinski definition) is 1. The number of fused-ring (bicyclic) bond motifs is 11. The predicted molar refractivity (Wildman–Crippen MR) is 209 cm³/mol. The summed E-state index contributed by atoms with van der Waals surface area (Å²) >= 11 is 0. The topological polar surface area (TPSA) is 3.24 Å². The zero-order valence-electron chi connectivity index (χ0n) is 28.4. The van der Waals surface area contributed by atoms with Crippen LogP contribution < -0.4 is 4.90 Å². The van der Waals surface area contributed by atoms with Crippen LogP contribution in [0.15, 0.2) is 152 Å². The van der Waals surface area contributed by atoms with Crippen molar-refractivity contribution in [3.8, 4) is 22.3 Å². The van der Waals surface area contributed by atoms with Crippen molar-refractivity contribution in [3.63, 3.8) is 0 Å². The van der Waals surface area contributed by atoms with Gasteiger partial charge in [-0.05, 0) is 113 Å². The van der Waals surface area contributed by atoms with Crippen molar-refractivity contribution in [2.24, 2.45) is 0 Å². The van der Waals surface area contributed by atoms with Gasteiger partial charge in [-0.1, -0.05) is 143 Å². The van der Waals surface area contributed by atoms with Crippen LogP contribution in [0.25, 0.3) is 54.6 Å². The summed E-state index contributed by atoms with van der Waals surface area (Å²) in [5.41, 5.74) is 14.3. The molecule has 0 heterocycles. The van der Waals surface area contributed by atoms with E-state index in [1.54, 1.807) is 0 Å². The molecule has 0 unspecified atom stereocenters. The molecule has 0 radical (unpaired) electrons. The van der Waals surface area contributed by atoms with E-state index in [0.29, 0.717) is 0 Å². The van der Waals surface area contributed by atoms with E-state index < -0.39 is 0 Å². The summed E-state index contributed by atoms with van der Waals surface area (Å²) < 4.78 is 0. The summed E-state index contributed by atoms with van der Waals surface area (Å²) in [5.74, 6) is 0. The van der Waals surface area contributed by atoms with E-state index in [4.69, 9.17) is 0 Å². The highest BCUT2D eigenvalue weighted by Crippen LogP contribution is 2.53. The summed E-state index contributed by atoms with van der Waals surface area (Å²) in [5, 5.41) is 7.70. The van der Waals surface area contributed by atoms with Gasteiger partial charge in [0, 0.05) is 27.9 Å². The summed E-state index contributed by atoms with van der Waals surface area (Å²) in [6.45, 7) is 9.44. The minimum absolute atomic E-state index is 0.0363. The van der Waals surface area contributed by atoms with E-state index in [9.17, 15) is 0 Å². The van der Waals surface area contributed by atoms with E-state index in [1.807, 2.05) is 0 Å². The van der Waals surface area contributed by atoms with Gasteiger partial charge in [-0.25, -0.2) is 0 Å². The second-order valence-corrected chi connectivity index (χ2v) is 15.0. The molecule has 0 aliphatic heterocycles. The molecule has 0 spiro atoms. The largest absolute Gasteiger partial charge is 0.310 e. The van der Waals surface area contributed by atoms with Crippen molar-refractivity contribution in [1.29, 1.82) is 0 Å². The standard InChI is InChI=1S/C48H37N/c1-47(2)43-16-10-8-14-39(43)41-28-34(23-26-44(41)47)49(35-22-25-40-38-13-7-9-15-42(38)48(3,4)45(40)29-35)33-21-24-37-32(27-33)20-19-31-18-17-30-11-5-6-12-36(30)46(31)37/h5-29H,1-4H3. The Morgan fingerprint density at radius 2 is 0.857 bits per heavy atom. The molecule has 0 fully saturated rings. The van der Waals surface area contributed by atoms with Crippen molar-refractivity contribution < 1.29 is 0 Å². The van der Waals surface area contributed by atoms with Crippen LogP contribution in [0.4, 0.5) is 17.1 Å². The lowest BCUT2D eigenvalue weighted by molar-refractivity contribution is 0.660. The van der Waals surface area contributed by atoms with Crippen LogP contribution in [0.5, 0.6) is 0 Å². The van der Waals surface area contributed by atoms with Crippen LogP contribution >= 0.6 is 0 Å². The summed E-state index contributed by atoms with van der Waals surface area (Å²) in [6.07, 6.45) is 0. The zero-order chi connectivity index (χ0) is 33.1. The average Bonchev–Trinajstić information content (AvgIpc) is 3.50. The smallest absolute Gasteiger partial charge is 0.0468 e. The summed E-state index contributed by atoms with van der Waals surface area (Å²) in [4.78, 5) is 2.47. The Morgan fingerprint density at radius 3 is 1.65 bits per heavy atom. The lowest BCUT2D eigenvalue weighted by atomic mass is 9.82. The fourth-order valence-corrected chi connectivity index (χ4v) is 9.09. The van der Waals surface area contributed by atoms with Crippen LogP contribution in [0.1, 0.15) is 49.9 Å². The fourth-order valence-electron chi connectivity index (χ4n) is 9.09. The number of nitrogens with zero attached hydrogens (tertiary/aromatic N) is 1. The normalized spacial score (nSPS) is 14.9. The Kier molecular flexibility index (Phi) is 5.75. The van der Waals surface area contributed by atoms with Crippen LogP contribution in [0.3, 0.4) is 0 Å². The van der Waals surface area contributed by atoms with Crippen molar-refractivity contribution in [2.45, 2.75) is 38.5 Å². The maximum atomic E-state index is 2.47. The number of benzene rings is 8. The van der Waals surface area contributed by atoms with Gasteiger partial charge < -0.3 is 4.90 Å². The molecular weight excluding hydrogens is 591 g/mol. The number of hydrogen-bond donors (Lipinski definition) is 0. The van der Waals surface area contributed by atoms with E-state index in [1.165, 1.54) is 88.2 Å². The third-order valence-electron chi connectivity index (χ3n) is 11.6. The Morgan fingerprint density at radius 1 is 0.347 bits per heavy atom. The average molecular weight is 628 g/mol. The zero-order valence-corrected chi connectivity index (χ0v) is 28.4. The molecule has 0 aromatic heterocycles. The first-order valence-corrected chi connectivity index (χ1v) is 17.4. The quantitative estimate of drug-likeness (QED) is 0.176. The molecule has 1 nitrogen and oxygen atoms in total. The molecule has 2 aliphatic rings. The summed E-state index contributed by atoms with van der Waals surface area (Å²) in [6, 6.07) is 56.9. The van der Waals surface area contributed by atoms with Gasteiger partial charge in [0.15, 0.2) is 0 Å². The molecule has 0 saturated heterocycles. The van der Waals surface area contributed by atoms with Crippen LogP contribution in [0, 0.1) is 0 Å². The minimum Gasteiger partial charge on any atom is -0.310 e. The number of anilines is 3. The Bertz CT molecular complexity index is 2670. The molecule has 8 aromatic rings. The third kappa shape index (κ3) is 3.93. The molecule has 1 heteroatoms. The van der Waals surface area contributed by atoms with Crippen LogP contribution in [-0.4, -0.2) is 0 Å². The monoisotopic (exact) mass is 627 g/mol. The van der Waals surface area contributed by atoms with E-state index >= 15 is 0 Å². The molecule has 0 atom stereocenters. The van der Waals surface area contributed by atoms with Crippen molar-refractivity contribution in [2.75, 3.05) is 4.90 Å². The SMILES string of the molecule is CC1(C)c2ccccc2-c2cc(N(c3ccc4c(c3)C(C)(C)c3ccccc3-4)c3ccc4c(ccc5ccc6ccccc6c54)c3)ccc21. The molecule has 0 N–H and O–H groups in total. The first-order valence-electron chi connectivity index (χ1n) is 17.4.